The first-order valence-corrected chi connectivity index (χ1v) is 7.68. The van der Waals surface area contributed by atoms with E-state index in [9.17, 15) is 28.8 Å². The Labute approximate surface area is 142 Å². The van der Waals surface area contributed by atoms with Crippen LogP contribution in [0.1, 0.15) is 38.5 Å². The van der Waals surface area contributed by atoms with Crippen LogP contribution in [0.3, 0.4) is 0 Å². The number of hydrogen-bond donors (Lipinski definition) is 1. The zero-order valence-electron chi connectivity index (χ0n) is 13.3. The van der Waals surface area contributed by atoms with Gasteiger partial charge in [0.2, 0.25) is 17.7 Å². The maximum absolute atomic E-state index is 11.6. The highest BCUT2D eigenvalue weighted by atomic mass is 16.7. The number of hydrazine groups is 1. The summed E-state index contributed by atoms with van der Waals surface area (Å²) in [6.45, 7) is -0.124. The molecule has 0 atom stereocenters. The molecule has 0 aromatic heterocycles. The summed E-state index contributed by atoms with van der Waals surface area (Å²) >= 11 is 0. The van der Waals surface area contributed by atoms with Crippen LogP contribution in [-0.2, 0) is 38.3 Å². The number of carbonyl (C=O) groups excluding carboxylic acids is 6. The van der Waals surface area contributed by atoms with Gasteiger partial charge in [0, 0.05) is 25.7 Å². The summed E-state index contributed by atoms with van der Waals surface area (Å²) in [7, 11) is 0. The average Bonchev–Trinajstić information content (AvgIpc) is 3.04. The molecule has 0 radical (unpaired) electrons. The molecule has 2 aliphatic heterocycles. The molecule has 0 aliphatic carbocycles. The van der Waals surface area contributed by atoms with Crippen LogP contribution in [0.4, 0.5) is 0 Å². The van der Waals surface area contributed by atoms with Crippen molar-refractivity contribution >= 4 is 35.5 Å². The Morgan fingerprint density at radius 2 is 1.36 bits per heavy atom. The van der Waals surface area contributed by atoms with Crippen LogP contribution in [-0.4, -0.2) is 58.8 Å². The van der Waals surface area contributed by atoms with Crippen LogP contribution in [0.5, 0.6) is 0 Å². The molecule has 2 heterocycles. The standard InChI is InChI=1S/C14H17N3O8/c18-9(15-16-10(19)1-2-11(16)20)5-7-24-8-6-14(23)25-17-12(21)3-4-13(17)22/h1-8H2,(H,15,18). The number of rotatable bonds is 8. The third-order valence-electron chi connectivity index (χ3n) is 3.41. The van der Waals surface area contributed by atoms with Crippen LogP contribution >= 0.6 is 0 Å². The zero-order valence-corrected chi connectivity index (χ0v) is 13.3. The second-order valence-corrected chi connectivity index (χ2v) is 5.32. The molecule has 0 saturated carbocycles. The number of hydroxylamine groups is 2. The van der Waals surface area contributed by atoms with E-state index < -0.39 is 35.5 Å². The summed E-state index contributed by atoms with van der Waals surface area (Å²) in [6.07, 6.45) is -0.157. The van der Waals surface area contributed by atoms with Crippen LogP contribution < -0.4 is 5.43 Å². The number of amides is 5. The van der Waals surface area contributed by atoms with Gasteiger partial charge in [-0.05, 0) is 0 Å². The Kier molecular flexibility index (Phi) is 6.17. The SMILES string of the molecule is O=C(CCOCCC(=O)ON1C(=O)CCC1=O)NN1C(=O)CCC1=O. The summed E-state index contributed by atoms with van der Waals surface area (Å²) in [6, 6.07) is 0. The molecule has 11 nitrogen and oxygen atoms in total. The van der Waals surface area contributed by atoms with E-state index in [-0.39, 0.29) is 51.7 Å². The number of carbonyl (C=O) groups is 6. The quantitative estimate of drug-likeness (QED) is 0.413. The number of hydrogen-bond acceptors (Lipinski definition) is 8. The van der Waals surface area contributed by atoms with E-state index in [4.69, 9.17) is 4.74 Å². The first-order valence-electron chi connectivity index (χ1n) is 7.68. The molecule has 0 aromatic carbocycles. The molecule has 5 amide bonds. The van der Waals surface area contributed by atoms with Crippen LogP contribution in [0, 0.1) is 0 Å². The molecular weight excluding hydrogens is 338 g/mol. The number of ether oxygens (including phenoxy) is 1. The molecular formula is C14H17N3O8. The van der Waals surface area contributed by atoms with E-state index in [2.05, 4.69) is 10.3 Å². The van der Waals surface area contributed by atoms with Crippen molar-refractivity contribution in [2.45, 2.75) is 38.5 Å². The Morgan fingerprint density at radius 1 is 0.840 bits per heavy atom. The molecule has 25 heavy (non-hydrogen) atoms. The van der Waals surface area contributed by atoms with Crippen molar-refractivity contribution < 1.29 is 38.3 Å². The second-order valence-electron chi connectivity index (χ2n) is 5.32. The number of nitrogens with one attached hydrogen (secondary N) is 1. The Morgan fingerprint density at radius 3 is 1.96 bits per heavy atom. The van der Waals surface area contributed by atoms with Crippen LogP contribution in [0.25, 0.3) is 0 Å². The minimum absolute atomic E-state index is 0.0136. The maximum Gasteiger partial charge on any atom is 0.335 e. The van der Waals surface area contributed by atoms with E-state index in [0.29, 0.717) is 10.1 Å². The van der Waals surface area contributed by atoms with Crippen molar-refractivity contribution in [3.8, 4) is 0 Å². The molecule has 136 valence electrons. The van der Waals surface area contributed by atoms with Crippen molar-refractivity contribution in [3.05, 3.63) is 0 Å². The predicted octanol–water partition coefficient (Wildman–Crippen LogP) is -1.43. The summed E-state index contributed by atoms with van der Waals surface area (Å²) in [5.74, 6) is -3.44. The van der Waals surface area contributed by atoms with Crippen LogP contribution in [0.2, 0.25) is 0 Å². The molecule has 2 rings (SSSR count). The molecule has 0 aromatic rings. The van der Waals surface area contributed by atoms with Gasteiger partial charge >= 0.3 is 5.97 Å². The zero-order chi connectivity index (χ0) is 18.4. The van der Waals surface area contributed by atoms with E-state index >= 15 is 0 Å². The van der Waals surface area contributed by atoms with Gasteiger partial charge in [-0.15, -0.1) is 5.06 Å². The van der Waals surface area contributed by atoms with Gasteiger partial charge in [-0.1, -0.05) is 0 Å². The van der Waals surface area contributed by atoms with Gasteiger partial charge < -0.3 is 9.57 Å². The smallest absolute Gasteiger partial charge is 0.335 e. The van der Waals surface area contributed by atoms with Crippen molar-refractivity contribution in [1.82, 2.24) is 15.5 Å². The van der Waals surface area contributed by atoms with E-state index in [1.54, 1.807) is 0 Å². The van der Waals surface area contributed by atoms with Crippen LogP contribution in [0.15, 0.2) is 0 Å². The fraction of sp³-hybridized carbons (Fsp3) is 0.571. The third-order valence-corrected chi connectivity index (χ3v) is 3.41. The molecule has 2 fully saturated rings. The van der Waals surface area contributed by atoms with E-state index in [1.807, 2.05) is 0 Å². The summed E-state index contributed by atoms with van der Waals surface area (Å²) in [5.41, 5.74) is 2.18. The first kappa shape index (κ1) is 18.5. The summed E-state index contributed by atoms with van der Waals surface area (Å²) in [4.78, 5) is 72.8. The predicted molar refractivity (Wildman–Crippen MR) is 76.5 cm³/mol. The fourth-order valence-electron chi connectivity index (χ4n) is 2.11. The highest BCUT2D eigenvalue weighted by Crippen LogP contribution is 2.12. The topological polar surface area (TPSA) is 139 Å². The Bertz CT molecular complexity index is 533. The van der Waals surface area contributed by atoms with Crippen molar-refractivity contribution in [1.29, 1.82) is 0 Å². The van der Waals surface area contributed by atoms with E-state index in [0.717, 1.165) is 0 Å². The molecule has 11 heteroatoms. The van der Waals surface area contributed by atoms with Gasteiger partial charge in [-0.3, -0.25) is 29.4 Å². The lowest BCUT2D eigenvalue weighted by Gasteiger charge is -2.15. The molecule has 0 unspecified atom stereocenters. The van der Waals surface area contributed by atoms with Crippen molar-refractivity contribution in [2.24, 2.45) is 0 Å². The first-order chi connectivity index (χ1) is 11.9. The molecule has 1 N–H and O–H groups in total. The second kappa shape index (κ2) is 8.33. The number of imide groups is 2. The summed E-state index contributed by atoms with van der Waals surface area (Å²) in [5, 5.41) is 1.13. The maximum atomic E-state index is 11.6. The monoisotopic (exact) mass is 355 g/mol. The van der Waals surface area contributed by atoms with Gasteiger partial charge in [0.1, 0.15) is 0 Å². The lowest BCUT2D eigenvalue weighted by atomic mass is 10.4. The third kappa shape index (κ3) is 5.08. The van der Waals surface area contributed by atoms with Crippen molar-refractivity contribution in [3.63, 3.8) is 0 Å². The number of nitrogens with zero attached hydrogens (tertiary/aromatic N) is 2. The largest absolute Gasteiger partial charge is 0.380 e. The van der Waals surface area contributed by atoms with E-state index in [1.165, 1.54) is 0 Å². The van der Waals surface area contributed by atoms with Gasteiger partial charge in [-0.25, -0.2) is 4.79 Å². The Balaban J connectivity index is 1.57. The summed E-state index contributed by atoms with van der Waals surface area (Å²) < 4.78 is 5.07. The normalized spacial score (nSPS) is 17.4. The Hall–Kier alpha value is -2.82. The molecule has 2 saturated heterocycles. The van der Waals surface area contributed by atoms with Gasteiger partial charge in [0.15, 0.2) is 0 Å². The highest BCUT2D eigenvalue weighted by Gasteiger charge is 2.33. The highest BCUT2D eigenvalue weighted by molar-refractivity contribution is 6.03. The minimum atomic E-state index is -0.804. The lowest BCUT2D eigenvalue weighted by molar-refractivity contribution is -0.198. The van der Waals surface area contributed by atoms with Gasteiger partial charge in [0.05, 0.1) is 26.1 Å². The molecule has 2 aliphatic rings. The lowest BCUT2D eigenvalue weighted by Crippen LogP contribution is -2.45. The minimum Gasteiger partial charge on any atom is -0.380 e. The molecule has 0 spiro atoms. The average molecular weight is 355 g/mol. The van der Waals surface area contributed by atoms with Gasteiger partial charge in [-0.2, -0.15) is 5.01 Å². The van der Waals surface area contributed by atoms with Crippen molar-refractivity contribution in [2.75, 3.05) is 13.2 Å². The fourth-order valence-corrected chi connectivity index (χ4v) is 2.11. The van der Waals surface area contributed by atoms with Gasteiger partial charge in [0.25, 0.3) is 11.8 Å². The molecule has 0 bridgehead atoms.